The first kappa shape index (κ1) is 15.8. The lowest BCUT2D eigenvalue weighted by Gasteiger charge is -2.30. The van der Waals surface area contributed by atoms with Crippen molar-refractivity contribution in [2.24, 2.45) is 5.92 Å². The van der Waals surface area contributed by atoms with E-state index in [1.807, 2.05) is 14.0 Å². The van der Waals surface area contributed by atoms with E-state index in [1.54, 1.807) is 18.7 Å². The van der Waals surface area contributed by atoms with Crippen LogP contribution in [-0.2, 0) is 4.79 Å². The number of amides is 2. The largest absolute Gasteiger partial charge is 0.480 e. The average molecular weight is 271 g/mol. The molecule has 0 aliphatic carbocycles. The predicted molar refractivity (Wildman–Crippen MR) is 73.1 cm³/mol. The van der Waals surface area contributed by atoms with E-state index in [0.29, 0.717) is 6.54 Å². The molecule has 1 aliphatic rings. The maximum Gasteiger partial charge on any atom is 0.326 e. The molecule has 0 aromatic rings. The molecule has 1 saturated heterocycles. The molecule has 2 atom stereocenters. The number of urea groups is 1. The van der Waals surface area contributed by atoms with E-state index in [1.165, 1.54) is 0 Å². The van der Waals surface area contributed by atoms with E-state index >= 15 is 0 Å². The first-order valence-corrected chi connectivity index (χ1v) is 6.81. The summed E-state index contributed by atoms with van der Waals surface area (Å²) in [5.74, 6) is -1.12. The van der Waals surface area contributed by atoms with Crippen LogP contribution in [0.4, 0.5) is 4.79 Å². The fourth-order valence-electron chi connectivity index (χ4n) is 2.40. The summed E-state index contributed by atoms with van der Waals surface area (Å²) in [6, 6.07) is -1.02. The number of carboxylic acids is 1. The number of hydrogen-bond donors (Lipinski definition) is 2. The summed E-state index contributed by atoms with van der Waals surface area (Å²) in [6.07, 6.45) is 0.910. The number of carbonyl (C=O) groups excluding carboxylic acids is 1. The second kappa shape index (κ2) is 6.75. The third kappa shape index (κ3) is 4.38. The zero-order chi connectivity index (χ0) is 14.6. The number of nitrogens with one attached hydrogen (secondary N) is 1. The molecule has 6 nitrogen and oxygen atoms in total. The fraction of sp³-hybridized carbons (Fsp3) is 0.846. The Labute approximate surface area is 114 Å². The third-order valence-corrected chi connectivity index (χ3v) is 3.52. The second-order valence-electron chi connectivity index (χ2n) is 5.67. The lowest BCUT2D eigenvalue weighted by atomic mass is 10.1. The molecule has 0 radical (unpaired) electrons. The second-order valence-corrected chi connectivity index (χ2v) is 5.67. The number of hydrogen-bond acceptors (Lipinski definition) is 3. The van der Waals surface area contributed by atoms with Crippen molar-refractivity contribution in [3.8, 4) is 0 Å². The van der Waals surface area contributed by atoms with E-state index in [-0.39, 0.29) is 18.0 Å². The summed E-state index contributed by atoms with van der Waals surface area (Å²) in [6.45, 7) is 8.01. The van der Waals surface area contributed by atoms with Gasteiger partial charge >= 0.3 is 12.0 Å². The highest BCUT2D eigenvalue weighted by atomic mass is 16.4. The van der Waals surface area contributed by atoms with Crippen LogP contribution in [0, 0.1) is 5.92 Å². The molecule has 0 aromatic carbocycles. The molecule has 0 aromatic heterocycles. The normalized spacial score (nSPS) is 23.0. The van der Waals surface area contributed by atoms with Gasteiger partial charge in [-0.3, -0.25) is 0 Å². The van der Waals surface area contributed by atoms with Crippen LogP contribution in [-0.4, -0.2) is 65.7 Å². The van der Waals surface area contributed by atoms with Crippen LogP contribution in [0.15, 0.2) is 0 Å². The molecule has 0 spiro atoms. The predicted octanol–water partition coefficient (Wildman–Crippen LogP) is 0.831. The van der Waals surface area contributed by atoms with Gasteiger partial charge in [0.25, 0.3) is 0 Å². The fourth-order valence-corrected chi connectivity index (χ4v) is 2.40. The van der Waals surface area contributed by atoms with Gasteiger partial charge < -0.3 is 20.2 Å². The summed E-state index contributed by atoms with van der Waals surface area (Å²) >= 11 is 0. The Balaban J connectivity index is 2.67. The smallest absolute Gasteiger partial charge is 0.326 e. The molecule has 19 heavy (non-hydrogen) atoms. The van der Waals surface area contributed by atoms with E-state index in [4.69, 9.17) is 5.11 Å². The molecule has 110 valence electrons. The topological polar surface area (TPSA) is 72.9 Å². The van der Waals surface area contributed by atoms with Gasteiger partial charge in [0.1, 0.15) is 6.04 Å². The van der Waals surface area contributed by atoms with Gasteiger partial charge in [0, 0.05) is 19.1 Å². The van der Waals surface area contributed by atoms with E-state index in [9.17, 15) is 9.59 Å². The minimum absolute atomic E-state index is 0.0918. The summed E-state index contributed by atoms with van der Waals surface area (Å²) in [5, 5.41) is 11.7. The summed E-state index contributed by atoms with van der Waals surface area (Å²) in [5.41, 5.74) is 0. The Morgan fingerprint density at radius 3 is 2.47 bits per heavy atom. The zero-order valence-electron chi connectivity index (χ0n) is 12.2. The van der Waals surface area contributed by atoms with Gasteiger partial charge in [0.2, 0.25) is 0 Å². The minimum Gasteiger partial charge on any atom is -0.480 e. The number of likely N-dealkylation sites (N-methyl/N-ethyl adjacent to an activating group) is 1. The van der Waals surface area contributed by atoms with Crippen molar-refractivity contribution >= 4 is 12.0 Å². The lowest BCUT2D eigenvalue weighted by Crippen LogP contribution is -2.53. The highest BCUT2D eigenvalue weighted by molar-refractivity contribution is 5.82. The molecule has 1 heterocycles. The molecule has 0 bridgehead atoms. The Hall–Kier alpha value is -1.30. The maximum atomic E-state index is 12.2. The lowest BCUT2D eigenvalue weighted by molar-refractivity contribution is -0.140. The van der Waals surface area contributed by atoms with Crippen molar-refractivity contribution in [2.45, 2.75) is 39.3 Å². The highest BCUT2D eigenvalue weighted by Crippen LogP contribution is 2.10. The summed E-state index contributed by atoms with van der Waals surface area (Å²) < 4.78 is 0. The van der Waals surface area contributed by atoms with Crippen molar-refractivity contribution in [2.75, 3.05) is 26.7 Å². The van der Waals surface area contributed by atoms with Gasteiger partial charge in [0.15, 0.2) is 0 Å². The van der Waals surface area contributed by atoms with E-state index < -0.39 is 12.0 Å². The monoisotopic (exact) mass is 271 g/mol. The molecule has 1 rings (SSSR count). The molecule has 1 fully saturated rings. The molecule has 1 unspecified atom stereocenters. The molecule has 2 amide bonds. The SMILES string of the molecule is CC(C)[C@H](NC(=O)N1CCCN(C)CC1C)C(=O)O. The summed E-state index contributed by atoms with van der Waals surface area (Å²) in [4.78, 5) is 27.3. The Bertz CT molecular complexity index is 333. The molecule has 1 aliphatic heterocycles. The molecular formula is C13H25N3O3. The first-order valence-electron chi connectivity index (χ1n) is 6.81. The number of carboxylic acid groups (broad SMARTS) is 1. The van der Waals surface area contributed by atoms with Crippen LogP contribution < -0.4 is 5.32 Å². The van der Waals surface area contributed by atoms with Gasteiger partial charge in [-0.2, -0.15) is 0 Å². The van der Waals surface area contributed by atoms with Gasteiger partial charge in [0.05, 0.1) is 0 Å². The number of nitrogens with zero attached hydrogens (tertiary/aromatic N) is 2. The van der Waals surface area contributed by atoms with Crippen LogP contribution in [0.3, 0.4) is 0 Å². The van der Waals surface area contributed by atoms with Gasteiger partial charge in [-0.25, -0.2) is 9.59 Å². The standard InChI is InChI=1S/C13H25N3O3/c1-9(2)11(12(17)18)14-13(19)16-7-5-6-15(4)8-10(16)3/h9-11H,5-8H2,1-4H3,(H,14,19)(H,17,18)/t10?,11-/m0/s1. The van der Waals surface area contributed by atoms with Crippen molar-refractivity contribution < 1.29 is 14.7 Å². The van der Waals surface area contributed by atoms with E-state index in [2.05, 4.69) is 10.2 Å². The van der Waals surface area contributed by atoms with E-state index in [0.717, 1.165) is 19.5 Å². The first-order chi connectivity index (χ1) is 8.82. The van der Waals surface area contributed by atoms with Crippen molar-refractivity contribution in [3.05, 3.63) is 0 Å². The van der Waals surface area contributed by atoms with Crippen LogP contribution in [0.5, 0.6) is 0 Å². The van der Waals surface area contributed by atoms with Crippen LogP contribution in [0.2, 0.25) is 0 Å². The quantitative estimate of drug-likeness (QED) is 0.797. The van der Waals surface area contributed by atoms with Crippen molar-refractivity contribution in [1.29, 1.82) is 0 Å². The minimum atomic E-state index is -0.983. The number of rotatable bonds is 3. The van der Waals surface area contributed by atoms with Gasteiger partial charge in [-0.05, 0) is 32.9 Å². The van der Waals surface area contributed by atoms with Crippen molar-refractivity contribution in [3.63, 3.8) is 0 Å². The Morgan fingerprint density at radius 2 is 1.95 bits per heavy atom. The van der Waals surface area contributed by atoms with Crippen LogP contribution >= 0.6 is 0 Å². The third-order valence-electron chi connectivity index (χ3n) is 3.52. The van der Waals surface area contributed by atoms with Crippen LogP contribution in [0.1, 0.15) is 27.2 Å². The Morgan fingerprint density at radius 1 is 1.32 bits per heavy atom. The molecule has 0 saturated carbocycles. The zero-order valence-corrected chi connectivity index (χ0v) is 12.2. The van der Waals surface area contributed by atoms with Gasteiger partial charge in [-0.1, -0.05) is 13.8 Å². The Kier molecular flexibility index (Phi) is 5.60. The number of aliphatic carboxylic acids is 1. The molecule has 6 heteroatoms. The van der Waals surface area contributed by atoms with Crippen LogP contribution in [0.25, 0.3) is 0 Å². The number of carbonyl (C=O) groups is 2. The highest BCUT2D eigenvalue weighted by Gasteiger charge is 2.29. The molecular weight excluding hydrogens is 246 g/mol. The summed E-state index contributed by atoms with van der Waals surface area (Å²) in [7, 11) is 2.03. The van der Waals surface area contributed by atoms with Crippen molar-refractivity contribution in [1.82, 2.24) is 15.1 Å². The van der Waals surface area contributed by atoms with Gasteiger partial charge in [-0.15, -0.1) is 0 Å². The molecule has 2 N–H and O–H groups in total. The average Bonchev–Trinajstić information content (AvgIpc) is 2.45. The maximum absolute atomic E-state index is 12.2.